The molecule has 0 aliphatic carbocycles. The number of rotatable bonds is 6. The number of carbonyl (C=O) groups excluding carboxylic acids is 1. The van der Waals surface area contributed by atoms with E-state index in [1.807, 2.05) is 0 Å². The van der Waals surface area contributed by atoms with Gasteiger partial charge in [-0.25, -0.2) is 22.0 Å². The lowest BCUT2D eigenvalue weighted by Gasteiger charge is -2.15. The van der Waals surface area contributed by atoms with Gasteiger partial charge in [0.05, 0.1) is 32.0 Å². The van der Waals surface area contributed by atoms with Gasteiger partial charge in [-0.05, 0) is 12.1 Å². The van der Waals surface area contributed by atoms with Gasteiger partial charge < -0.3 is 19.4 Å². The highest BCUT2D eigenvalue weighted by Gasteiger charge is 2.25. The first-order chi connectivity index (χ1) is 12.7. The maximum Gasteiger partial charge on any atom is 0.200 e. The molecule has 0 aliphatic rings. The molecule has 144 valence electrons. The first-order valence-electron chi connectivity index (χ1n) is 7.01. The maximum absolute atomic E-state index is 13.6. The van der Waals surface area contributed by atoms with E-state index in [2.05, 4.69) is 5.10 Å². The van der Waals surface area contributed by atoms with Crippen LogP contribution in [-0.4, -0.2) is 26.4 Å². The van der Waals surface area contributed by atoms with Crippen molar-refractivity contribution in [3.05, 3.63) is 52.3 Å². The molecule has 0 spiro atoms. The molecule has 27 heavy (non-hydrogen) atoms. The molecule has 1 N–H and O–H groups in total. The number of benzene rings is 2. The number of ether oxygens (including phenoxy) is 2. The summed E-state index contributed by atoms with van der Waals surface area (Å²) in [6.07, 6.45) is 0.769. The van der Waals surface area contributed by atoms with Gasteiger partial charge in [0.1, 0.15) is 5.69 Å². The molecule has 11 heteroatoms. The van der Waals surface area contributed by atoms with Gasteiger partial charge in [-0.1, -0.05) is 0 Å². The summed E-state index contributed by atoms with van der Waals surface area (Å²) in [7, 11) is 2.42. The number of halogens is 5. The molecular formula is C16H10F5N2O4-. The van der Waals surface area contributed by atoms with Crippen LogP contribution in [0.4, 0.5) is 27.6 Å². The zero-order valence-electron chi connectivity index (χ0n) is 13.7. The van der Waals surface area contributed by atoms with Crippen LogP contribution in [0.5, 0.6) is 11.5 Å². The first-order valence-corrected chi connectivity index (χ1v) is 7.01. The average Bonchev–Trinajstić information content (AvgIpc) is 2.66. The highest BCUT2D eigenvalue weighted by molar-refractivity contribution is 6.01. The Morgan fingerprint density at radius 3 is 2.04 bits per heavy atom. The monoisotopic (exact) mass is 389 g/mol. The fraction of sp³-hybridized carbons (Fsp3) is 0.125. The van der Waals surface area contributed by atoms with E-state index in [4.69, 9.17) is 9.47 Å². The van der Waals surface area contributed by atoms with Gasteiger partial charge in [-0.3, -0.25) is 5.43 Å². The Bertz CT molecular complexity index is 905. The summed E-state index contributed by atoms with van der Waals surface area (Å²) < 4.78 is 76.2. The fourth-order valence-corrected chi connectivity index (χ4v) is 2.13. The second-order valence-electron chi connectivity index (χ2n) is 4.87. The van der Waals surface area contributed by atoms with Crippen LogP contribution < -0.4 is 20.0 Å². The second kappa shape index (κ2) is 7.89. The number of methoxy groups -OCH3 is 2. The number of nitrogens with one attached hydrogen (secondary N) is 1. The molecule has 0 aromatic heterocycles. The van der Waals surface area contributed by atoms with Crippen molar-refractivity contribution in [2.45, 2.75) is 0 Å². The smallest absolute Gasteiger partial charge is 0.200 e. The zero-order chi connectivity index (χ0) is 20.3. The van der Waals surface area contributed by atoms with Crippen LogP contribution in [0.3, 0.4) is 0 Å². The van der Waals surface area contributed by atoms with Gasteiger partial charge in [0, 0.05) is 5.56 Å². The Kier molecular flexibility index (Phi) is 5.83. The van der Waals surface area contributed by atoms with Crippen molar-refractivity contribution < 1.29 is 41.3 Å². The number of aromatic carboxylic acids is 1. The largest absolute Gasteiger partial charge is 0.545 e. The third-order valence-corrected chi connectivity index (χ3v) is 3.37. The van der Waals surface area contributed by atoms with E-state index in [1.54, 1.807) is 5.43 Å². The topological polar surface area (TPSA) is 83.0 Å². The molecule has 0 heterocycles. The molecule has 0 saturated heterocycles. The Hall–Kier alpha value is -3.37. The van der Waals surface area contributed by atoms with Crippen LogP contribution in [0.15, 0.2) is 17.2 Å². The summed E-state index contributed by atoms with van der Waals surface area (Å²) in [6, 6.07) is 2.52. The number of anilines is 1. The van der Waals surface area contributed by atoms with Crippen molar-refractivity contribution in [2.24, 2.45) is 5.10 Å². The number of nitrogens with zero attached hydrogens (tertiary/aromatic N) is 1. The fourth-order valence-electron chi connectivity index (χ4n) is 2.13. The van der Waals surface area contributed by atoms with E-state index in [-0.39, 0.29) is 17.1 Å². The van der Waals surface area contributed by atoms with E-state index >= 15 is 0 Å². The van der Waals surface area contributed by atoms with Crippen LogP contribution in [-0.2, 0) is 0 Å². The molecule has 0 bridgehead atoms. The highest BCUT2D eigenvalue weighted by Crippen LogP contribution is 2.32. The van der Waals surface area contributed by atoms with Gasteiger partial charge >= 0.3 is 0 Å². The number of carboxylic acids is 1. The summed E-state index contributed by atoms with van der Waals surface area (Å²) >= 11 is 0. The number of carboxylic acid groups (broad SMARTS) is 1. The lowest BCUT2D eigenvalue weighted by Crippen LogP contribution is -2.25. The molecular weight excluding hydrogens is 379 g/mol. The van der Waals surface area contributed by atoms with E-state index < -0.39 is 46.3 Å². The third kappa shape index (κ3) is 3.61. The first kappa shape index (κ1) is 19.9. The minimum atomic E-state index is -2.32. The molecule has 0 saturated carbocycles. The molecule has 2 rings (SSSR count). The number of carbonyl (C=O) groups is 1. The highest BCUT2D eigenvalue weighted by atomic mass is 19.2. The summed E-state index contributed by atoms with van der Waals surface area (Å²) in [5.74, 6) is -12.7. The number of hydrogen-bond acceptors (Lipinski definition) is 6. The predicted molar refractivity (Wildman–Crippen MR) is 81.3 cm³/mol. The van der Waals surface area contributed by atoms with Crippen LogP contribution in [0.1, 0.15) is 15.9 Å². The molecule has 0 unspecified atom stereocenters. The summed E-state index contributed by atoms with van der Waals surface area (Å²) in [5.41, 5.74) is -0.396. The molecule has 0 radical (unpaired) electrons. The summed E-state index contributed by atoms with van der Waals surface area (Å²) in [5, 5.41) is 14.7. The second-order valence-corrected chi connectivity index (χ2v) is 4.87. The normalized spacial score (nSPS) is 10.9. The van der Waals surface area contributed by atoms with Crippen molar-refractivity contribution in [3.63, 3.8) is 0 Å². The number of hydrogen-bond donors (Lipinski definition) is 1. The predicted octanol–water partition coefficient (Wildman–Crippen LogP) is 2.21. The SMILES string of the molecule is COc1ccc(/C=N\Nc2c(F)c(F)c(F)c(F)c2F)c(C(=O)[O-])c1OC. The Labute approximate surface area is 148 Å². The molecule has 0 fully saturated rings. The lowest BCUT2D eigenvalue weighted by atomic mass is 10.1. The quantitative estimate of drug-likeness (QED) is 0.269. The van der Waals surface area contributed by atoms with E-state index in [1.165, 1.54) is 19.2 Å². The zero-order valence-corrected chi connectivity index (χ0v) is 13.7. The molecule has 2 aromatic rings. The van der Waals surface area contributed by atoms with Crippen molar-refractivity contribution in [1.29, 1.82) is 0 Å². The molecule has 0 amide bonds. The van der Waals surface area contributed by atoms with Crippen molar-refractivity contribution in [3.8, 4) is 11.5 Å². The minimum Gasteiger partial charge on any atom is -0.545 e. The summed E-state index contributed by atoms with van der Waals surface area (Å²) in [6.45, 7) is 0. The molecule has 0 aliphatic heterocycles. The van der Waals surface area contributed by atoms with Crippen LogP contribution in [0.25, 0.3) is 0 Å². The van der Waals surface area contributed by atoms with Gasteiger partial charge in [0.15, 0.2) is 34.8 Å². The van der Waals surface area contributed by atoms with Crippen molar-refractivity contribution in [1.82, 2.24) is 0 Å². The minimum absolute atomic E-state index is 0.0570. The van der Waals surface area contributed by atoms with Crippen LogP contribution in [0.2, 0.25) is 0 Å². The molecule has 6 nitrogen and oxygen atoms in total. The maximum atomic E-state index is 13.6. The Balaban J connectivity index is 2.45. The van der Waals surface area contributed by atoms with Gasteiger partial charge in [0.25, 0.3) is 0 Å². The standard InChI is InChI=1S/C16H11F5N2O4/c1-26-7-4-3-6(8(16(24)25)15(7)27-2)5-22-23-14-12(20)10(18)9(17)11(19)13(14)21/h3-5,23H,1-2H3,(H,24,25)/p-1/b22-5-. The summed E-state index contributed by atoms with van der Waals surface area (Å²) in [4.78, 5) is 11.3. The molecule has 2 aromatic carbocycles. The van der Waals surface area contributed by atoms with Crippen LogP contribution in [0, 0.1) is 29.1 Å². The van der Waals surface area contributed by atoms with Gasteiger partial charge in [0.2, 0.25) is 5.82 Å². The Morgan fingerprint density at radius 1 is 1.00 bits per heavy atom. The van der Waals surface area contributed by atoms with E-state index in [9.17, 15) is 31.9 Å². The average molecular weight is 389 g/mol. The van der Waals surface area contributed by atoms with Crippen molar-refractivity contribution in [2.75, 3.05) is 19.6 Å². The van der Waals surface area contributed by atoms with Crippen molar-refractivity contribution >= 4 is 17.9 Å². The van der Waals surface area contributed by atoms with Gasteiger partial charge in [-0.2, -0.15) is 5.10 Å². The third-order valence-electron chi connectivity index (χ3n) is 3.37. The number of hydrazone groups is 1. The lowest BCUT2D eigenvalue weighted by molar-refractivity contribution is -0.255. The van der Waals surface area contributed by atoms with E-state index in [0.29, 0.717) is 0 Å². The Morgan fingerprint density at radius 2 is 1.56 bits per heavy atom. The molecule has 0 atom stereocenters. The van der Waals surface area contributed by atoms with E-state index in [0.717, 1.165) is 13.3 Å². The van der Waals surface area contributed by atoms with Gasteiger partial charge in [-0.15, -0.1) is 0 Å². The van der Waals surface area contributed by atoms with Crippen LogP contribution >= 0.6 is 0 Å².